The first kappa shape index (κ1) is 17.1. The number of nitrogens with zero attached hydrogens (tertiary/aromatic N) is 1. The van der Waals surface area contributed by atoms with Crippen molar-refractivity contribution in [1.82, 2.24) is 4.90 Å². The molecule has 0 radical (unpaired) electrons. The molecule has 1 aliphatic heterocycles. The first-order valence-corrected chi connectivity index (χ1v) is 7.05. The number of imide groups is 1. The van der Waals surface area contributed by atoms with Crippen molar-refractivity contribution in [3.8, 4) is 0 Å². The Hall–Kier alpha value is -1.91. The van der Waals surface area contributed by atoms with Gasteiger partial charge in [0.1, 0.15) is 11.6 Å². The summed E-state index contributed by atoms with van der Waals surface area (Å²) in [6.07, 6.45) is 4.92. The fourth-order valence-corrected chi connectivity index (χ4v) is 2.13. The molecule has 1 atom stereocenters. The van der Waals surface area contributed by atoms with E-state index in [-0.39, 0.29) is 12.2 Å². The molecule has 0 unspecified atom stereocenters. The van der Waals surface area contributed by atoms with Crippen LogP contribution in [0.4, 0.5) is 4.79 Å². The van der Waals surface area contributed by atoms with E-state index in [1.807, 2.05) is 32.1 Å². The second-order valence-electron chi connectivity index (χ2n) is 5.97. The van der Waals surface area contributed by atoms with Crippen LogP contribution >= 0.6 is 0 Å². The molecule has 116 valence electrons. The number of amides is 2. The zero-order valence-electron chi connectivity index (χ0n) is 13.3. The lowest BCUT2D eigenvalue weighted by Gasteiger charge is -2.26. The summed E-state index contributed by atoms with van der Waals surface area (Å²) in [5.41, 5.74) is 0.194. The minimum absolute atomic E-state index is 0.239. The van der Waals surface area contributed by atoms with Crippen LogP contribution in [-0.2, 0) is 14.3 Å². The smallest absolute Gasteiger partial charge is 0.417 e. The molecule has 21 heavy (non-hydrogen) atoms. The molecule has 5 heteroatoms. The third-order valence-corrected chi connectivity index (χ3v) is 3.05. The summed E-state index contributed by atoms with van der Waals surface area (Å²) in [5.74, 6) is -0.732. The van der Waals surface area contributed by atoms with Gasteiger partial charge >= 0.3 is 6.09 Å². The van der Waals surface area contributed by atoms with Crippen molar-refractivity contribution in [1.29, 1.82) is 0 Å². The average molecular weight is 293 g/mol. The SMILES string of the molecule is C/C=C\C(=C/C)C[C@H]1C(=O)CC(=O)N1C(=O)OC(C)(C)C. The van der Waals surface area contributed by atoms with Gasteiger partial charge in [-0.25, -0.2) is 9.69 Å². The summed E-state index contributed by atoms with van der Waals surface area (Å²) in [6.45, 7) is 8.89. The number of allylic oxidation sites excluding steroid dienone is 3. The van der Waals surface area contributed by atoms with Gasteiger partial charge in [-0.15, -0.1) is 0 Å². The van der Waals surface area contributed by atoms with Crippen LogP contribution in [-0.4, -0.2) is 34.3 Å². The maximum Gasteiger partial charge on any atom is 0.417 e. The van der Waals surface area contributed by atoms with Gasteiger partial charge in [-0.3, -0.25) is 9.59 Å². The van der Waals surface area contributed by atoms with Gasteiger partial charge < -0.3 is 4.74 Å². The first-order chi connectivity index (χ1) is 9.69. The van der Waals surface area contributed by atoms with E-state index in [0.29, 0.717) is 6.42 Å². The van der Waals surface area contributed by atoms with E-state index < -0.39 is 23.6 Å². The number of likely N-dealkylation sites (tertiary alicyclic amines) is 1. The fourth-order valence-electron chi connectivity index (χ4n) is 2.13. The molecule has 0 saturated carbocycles. The highest BCUT2D eigenvalue weighted by molar-refractivity contribution is 6.13. The Morgan fingerprint density at radius 1 is 1.33 bits per heavy atom. The molecule has 5 nitrogen and oxygen atoms in total. The van der Waals surface area contributed by atoms with Crippen LogP contribution < -0.4 is 0 Å². The quantitative estimate of drug-likeness (QED) is 0.592. The van der Waals surface area contributed by atoms with Crippen LogP contribution in [0.2, 0.25) is 0 Å². The molecular formula is C16H23NO4. The molecular weight excluding hydrogens is 270 g/mol. The highest BCUT2D eigenvalue weighted by Crippen LogP contribution is 2.24. The largest absolute Gasteiger partial charge is 0.443 e. The number of ketones is 1. The Morgan fingerprint density at radius 3 is 2.43 bits per heavy atom. The van der Waals surface area contributed by atoms with Crippen LogP contribution in [0.3, 0.4) is 0 Å². The van der Waals surface area contributed by atoms with Gasteiger partial charge in [0, 0.05) is 6.42 Å². The summed E-state index contributed by atoms with van der Waals surface area (Å²) in [4.78, 5) is 37.0. The van der Waals surface area contributed by atoms with Crippen molar-refractivity contribution < 1.29 is 19.1 Å². The van der Waals surface area contributed by atoms with E-state index >= 15 is 0 Å². The summed E-state index contributed by atoms with van der Waals surface area (Å²) >= 11 is 0. The van der Waals surface area contributed by atoms with E-state index in [0.717, 1.165) is 10.5 Å². The van der Waals surface area contributed by atoms with Gasteiger partial charge in [0.15, 0.2) is 5.78 Å². The molecule has 0 aromatic carbocycles. The first-order valence-electron chi connectivity index (χ1n) is 7.05. The van der Waals surface area contributed by atoms with Crippen molar-refractivity contribution in [3.63, 3.8) is 0 Å². The fraction of sp³-hybridized carbons (Fsp3) is 0.562. The molecule has 1 fully saturated rings. The van der Waals surface area contributed by atoms with Gasteiger partial charge in [0.05, 0.1) is 6.42 Å². The lowest BCUT2D eigenvalue weighted by molar-refractivity contribution is -0.128. The third-order valence-electron chi connectivity index (χ3n) is 3.05. The van der Waals surface area contributed by atoms with Gasteiger partial charge in [-0.1, -0.05) is 23.8 Å². The zero-order valence-corrected chi connectivity index (χ0v) is 13.3. The summed E-state index contributed by atoms with van der Waals surface area (Å²) < 4.78 is 5.22. The maximum absolute atomic E-state index is 12.1. The molecule has 0 aromatic heterocycles. The molecule has 1 aliphatic rings. The van der Waals surface area contributed by atoms with Gasteiger partial charge in [-0.05, 0) is 34.6 Å². The summed E-state index contributed by atoms with van der Waals surface area (Å²) in [5, 5.41) is 0. The van der Waals surface area contributed by atoms with Crippen LogP contribution in [0.15, 0.2) is 23.8 Å². The van der Waals surface area contributed by atoms with Crippen molar-refractivity contribution in [2.24, 2.45) is 0 Å². The highest BCUT2D eigenvalue weighted by Gasteiger charge is 2.44. The van der Waals surface area contributed by atoms with Gasteiger partial charge in [0.25, 0.3) is 0 Å². The monoisotopic (exact) mass is 293 g/mol. The number of Topliss-reactive ketones (excluding diaryl/α,β-unsaturated/α-hetero) is 1. The lowest BCUT2D eigenvalue weighted by atomic mass is 10.0. The second kappa shape index (κ2) is 6.70. The maximum atomic E-state index is 12.1. The van der Waals surface area contributed by atoms with Crippen LogP contribution in [0.1, 0.15) is 47.5 Å². The van der Waals surface area contributed by atoms with Crippen molar-refractivity contribution in [2.75, 3.05) is 0 Å². The Kier molecular flexibility index (Phi) is 5.47. The standard InChI is InChI=1S/C16H23NO4/c1-6-8-11(7-2)9-12-13(18)10-14(19)17(12)15(20)21-16(3,4)5/h6-8,12H,9-10H2,1-5H3/b8-6-,11-7+/t12-/m0/s1. The molecule has 0 N–H and O–H groups in total. The molecule has 1 saturated heterocycles. The highest BCUT2D eigenvalue weighted by atomic mass is 16.6. The normalized spacial score (nSPS) is 20.5. The predicted molar refractivity (Wildman–Crippen MR) is 79.7 cm³/mol. The van der Waals surface area contributed by atoms with Crippen LogP contribution in [0.5, 0.6) is 0 Å². The molecule has 0 bridgehead atoms. The average Bonchev–Trinajstić information content (AvgIpc) is 2.61. The Labute approximate surface area is 125 Å². The molecule has 0 aromatic rings. The predicted octanol–water partition coefficient (Wildman–Crippen LogP) is 3.00. The van der Waals surface area contributed by atoms with Gasteiger partial charge in [0.2, 0.25) is 5.91 Å². The summed E-state index contributed by atoms with van der Waals surface area (Å²) in [6, 6.07) is -0.769. The second-order valence-corrected chi connectivity index (χ2v) is 5.97. The molecule has 1 rings (SSSR count). The number of carbonyl (C=O) groups is 3. The van der Waals surface area contributed by atoms with E-state index in [9.17, 15) is 14.4 Å². The summed E-state index contributed by atoms with van der Waals surface area (Å²) in [7, 11) is 0. The van der Waals surface area contributed by atoms with E-state index in [4.69, 9.17) is 4.74 Å². The zero-order chi connectivity index (χ0) is 16.2. The third kappa shape index (κ3) is 4.55. The Bertz CT molecular complexity index is 497. The molecule has 1 heterocycles. The topological polar surface area (TPSA) is 63.7 Å². The number of hydrogen-bond acceptors (Lipinski definition) is 4. The molecule has 2 amide bonds. The van der Waals surface area contributed by atoms with Crippen LogP contribution in [0, 0.1) is 0 Å². The van der Waals surface area contributed by atoms with Crippen molar-refractivity contribution in [2.45, 2.75) is 59.1 Å². The lowest BCUT2D eigenvalue weighted by Crippen LogP contribution is -2.43. The number of ether oxygens (including phenoxy) is 1. The van der Waals surface area contributed by atoms with E-state index in [1.54, 1.807) is 20.8 Å². The van der Waals surface area contributed by atoms with Gasteiger partial charge in [-0.2, -0.15) is 0 Å². The van der Waals surface area contributed by atoms with E-state index in [1.165, 1.54) is 0 Å². The molecule has 0 aliphatic carbocycles. The Balaban J connectivity index is 2.96. The van der Waals surface area contributed by atoms with E-state index in [2.05, 4.69) is 0 Å². The number of hydrogen-bond donors (Lipinski definition) is 0. The number of rotatable bonds is 3. The minimum Gasteiger partial charge on any atom is -0.443 e. The van der Waals surface area contributed by atoms with Crippen molar-refractivity contribution in [3.05, 3.63) is 23.8 Å². The molecule has 0 spiro atoms. The Morgan fingerprint density at radius 2 is 1.95 bits per heavy atom. The van der Waals surface area contributed by atoms with Crippen LogP contribution in [0.25, 0.3) is 0 Å². The minimum atomic E-state index is -0.769. The number of carbonyl (C=O) groups excluding carboxylic acids is 3. The van der Waals surface area contributed by atoms with Crippen molar-refractivity contribution >= 4 is 17.8 Å².